The smallest absolute Gasteiger partial charge is 0.0631 e. The van der Waals surface area contributed by atoms with E-state index in [4.69, 9.17) is 9.47 Å². The minimum Gasteiger partial charge on any atom is -0.375 e. The first kappa shape index (κ1) is 21.5. The van der Waals surface area contributed by atoms with Gasteiger partial charge in [-0.05, 0) is 99.1 Å². The molecule has 158 valence electrons. The molecule has 3 rings (SSSR count). The predicted octanol–water partition coefficient (Wildman–Crippen LogP) is 4.32. The van der Waals surface area contributed by atoms with Gasteiger partial charge in [0.2, 0.25) is 0 Å². The van der Waals surface area contributed by atoms with Crippen LogP contribution in [-0.4, -0.2) is 72.0 Å². The van der Waals surface area contributed by atoms with Crippen molar-refractivity contribution in [2.45, 2.75) is 110 Å². The summed E-state index contributed by atoms with van der Waals surface area (Å²) in [6, 6.07) is 0. The molecule has 4 heteroatoms. The summed E-state index contributed by atoms with van der Waals surface area (Å²) < 4.78 is 12.4. The molecule has 0 N–H and O–H groups in total. The highest BCUT2D eigenvalue weighted by atomic mass is 16.5. The Kier molecular flexibility index (Phi) is 6.93. The third kappa shape index (κ3) is 6.69. The molecule has 0 unspecified atom stereocenters. The summed E-state index contributed by atoms with van der Waals surface area (Å²) in [5.41, 5.74) is 0.309. The summed E-state index contributed by atoms with van der Waals surface area (Å²) in [6.07, 6.45) is 8.66. The van der Waals surface area contributed by atoms with Gasteiger partial charge in [-0.25, -0.2) is 0 Å². The number of piperidine rings is 2. The van der Waals surface area contributed by atoms with Crippen molar-refractivity contribution < 1.29 is 9.47 Å². The molecule has 0 bridgehead atoms. The lowest BCUT2D eigenvalue weighted by molar-refractivity contribution is -0.167. The zero-order valence-electron chi connectivity index (χ0n) is 18.8. The van der Waals surface area contributed by atoms with E-state index in [2.05, 4.69) is 51.3 Å². The molecule has 2 heterocycles. The van der Waals surface area contributed by atoms with Gasteiger partial charge in [-0.3, -0.25) is 4.90 Å². The van der Waals surface area contributed by atoms with Crippen LogP contribution in [0.1, 0.15) is 80.1 Å². The molecule has 1 saturated carbocycles. The second-order valence-corrected chi connectivity index (χ2v) is 11.2. The zero-order valence-corrected chi connectivity index (χ0v) is 18.8. The summed E-state index contributed by atoms with van der Waals surface area (Å²) in [7, 11) is 0. The summed E-state index contributed by atoms with van der Waals surface area (Å²) in [5.74, 6) is 0.892. The average molecular weight is 381 g/mol. The SMILES string of the molecule is CC(C)(C)O[C@H]1C[C@H](OC2CCN(CC3CCN(C(C)(C)C)CC3)CC2)C1. The van der Waals surface area contributed by atoms with Crippen molar-refractivity contribution in [3.05, 3.63) is 0 Å². The first-order valence-electron chi connectivity index (χ1n) is 11.4. The van der Waals surface area contributed by atoms with Crippen LogP contribution in [0.4, 0.5) is 0 Å². The lowest BCUT2D eigenvalue weighted by atomic mass is 9.90. The molecule has 27 heavy (non-hydrogen) atoms. The molecule has 0 spiro atoms. The molecular formula is C23H44N2O2. The Morgan fingerprint density at radius 2 is 1.33 bits per heavy atom. The van der Waals surface area contributed by atoms with Crippen molar-refractivity contribution in [1.82, 2.24) is 9.80 Å². The lowest BCUT2D eigenvalue weighted by Gasteiger charge is -2.43. The Morgan fingerprint density at radius 1 is 0.741 bits per heavy atom. The van der Waals surface area contributed by atoms with Crippen molar-refractivity contribution in [1.29, 1.82) is 0 Å². The monoisotopic (exact) mass is 380 g/mol. The molecule has 0 aromatic heterocycles. The van der Waals surface area contributed by atoms with Gasteiger partial charge in [0.1, 0.15) is 0 Å². The van der Waals surface area contributed by atoms with Gasteiger partial charge < -0.3 is 14.4 Å². The van der Waals surface area contributed by atoms with Crippen LogP contribution in [0.2, 0.25) is 0 Å². The minimum atomic E-state index is -0.0238. The molecular weight excluding hydrogens is 336 g/mol. The zero-order chi connectivity index (χ0) is 19.7. The molecule has 0 atom stereocenters. The van der Waals surface area contributed by atoms with Crippen molar-refractivity contribution in [2.75, 3.05) is 32.7 Å². The minimum absolute atomic E-state index is 0.0238. The van der Waals surface area contributed by atoms with Crippen LogP contribution in [-0.2, 0) is 9.47 Å². The molecule has 0 radical (unpaired) electrons. The van der Waals surface area contributed by atoms with E-state index >= 15 is 0 Å². The van der Waals surface area contributed by atoms with E-state index in [0.717, 1.165) is 18.8 Å². The van der Waals surface area contributed by atoms with E-state index in [9.17, 15) is 0 Å². The second kappa shape index (κ2) is 8.69. The Balaban J connectivity index is 1.28. The summed E-state index contributed by atoms with van der Waals surface area (Å²) in [6.45, 7) is 19.7. The number of hydrogen-bond acceptors (Lipinski definition) is 4. The van der Waals surface area contributed by atoms with E-state index < -0.39 is 0 Å². The third-order valence-corrected chi connectivity index (χ3v) is 6.57. The largest absolute Gasteiger partial charge is 0.375 e. The highest BCUT2D eigenvalue weighted by molar-refractivity contribution is 4.86. The number of nitrogens with zero attached hydrogens (tertiary/aromatic N) is 2. The number of rotatable bonds is 5. The maximum absolute atomic E-state index is 6.35. The molecule has 4 nitrogen and oxygen atoms in total. The van der Waals surface area contributed by atoms with E-state index in [1.165, 1.54) is 58.4 Å². The normalized spacial score (nSPS) is 30.4. The first-order valence-corrected chi connectivity index (χ1v) is 11.4. The highest BCUT2D eigenvalue weighted by Gasteiger charge is 2.36. The van der Waals surface area contributed by atoms with Gasteiger partial charge >= 0.3 is 0 Å². The number of hydrogen-bond donors (Lipinski definition) is 0. The number of ether oxygens (including phenoxy) is 2. The second-order valence-electron chi connectivity index (χ2n) is 11.2. The summed E-state index contributed by atoms with van der Waals surface area (Å²) in [5, 5.41) is 0. The fourth-order valence-electron chi connectivity index (χ4n) is 4.88. The molecule has 3 fully saturated rings. The van der Waals surface area contributed by atoms with Crippen LogP contribution in [0.25, 0.3) is 0 Å². The van der Waals surface area contributed by atoms with Crippen molar-refractivity contribution in [3.63, 3.8) is 0 Å². The van der Waals surface area contributed by atoms with Crippen LogP contribution in [0.3, 0.4) is 0 Å². The van der Waals surface area contributed by atoms with Crippen molar-refractivity contribution in [2.24, 2.45) is 5.92 Å². The van der Waals surface area contributed by atoms with Crippen LogP contribution in [0.15, 0.2) is 0 Å². The Morgan fingerprint density at radius 3 is 1.85 bits per heavy atom. The van der Waals surface area contributed by atoms with Gasteiger partial charge in [0.05, 0.1) is 23.9 Å². The molecule has 0 amide bonds. The standard InChI is InChI=1S/C23H44N2O2/c1-22(2,3)25-13-7-18(8-14-25)17-24-11-9-19(10-12-24)26-20-15-21(16-20)27-23(4,5)6/h18-21H,7-17H2,1-6H3/t20-,21-. The summed E-state index contributed by atoms with van der Waals surface area (Å²) >= 11 is 0. The van der Waals surface area contributed by atoms with Gasteiger partial charge in [-0.2, -0.15) is 0 Å². The van der Waals surface area contributed by atoms with Crippen molar-refractivity contribution in [3.8, 4) is 0 Å². The van der Waals surface area contributed by atoms with E-state index in [-0.39, 0.29) is 5.60 Å². The fraction of sp³-hybridized carbons (Fsp3) is 1.00. The topological polar surface area (TPSA) is 24.9 Å². The maximum Gasteiger partial charge on any atom is 0.0631 e. The molecule has 2 saturated heterocycles. The molecule has 2 aliphatic heterocycles. The van der Waals surface area contributed by atoms with E-state index in [1.54, 1.807) is 0 Å². The van der Waals surface area contributed by atoms with E-state index in [1.807, 2.05) is 0 Å². The van der Waals surface area contributed by atoms with Gasteiger partial charge in [-0.15, -0.1) is 0 Å². The quantitative estimate of drug-likeness (QED) is 0.709. The first-order chi connectivity index (χ1) is 12.6. The fourth-order valence-corrected chi connectivity index (χ4v) is 4.88. The van der Waals surface area contributed by atoms with Gasteiger partial charge in [-0.1, -0.05) is 0 Å². The van der Waals surface area contributed by atoms with Gasteiger partial charge in [0, 0.05) is 25.2 Å². The molecule has 0 aromatic rings. The molecule has 0 aromatic carbocycles. The maximum atomic E-state index is 6.35. The number of likely N-dealkylation sites (tertiary alicyclic amines) is 2. The molecule has 3 aliphatic rings. The Bertz CT molecular complexity index is 446. The third-order valence-electron chi connectivity index (χ3n) is 6.57. The van der Waals surface area contributed by atoms with Crippen LogP contribution < -0.4 is 0 Å². The lowest BCUT2D eigenvalue weighted by Crippen LogP contribution is -2.49. The molecule has 1 aliphatic carbocycles. The van der Waals surface area contributed by atoms with Crippen molar-refractivity contribution >= 4 is 0 Å². The van der Waals surface area contributed by atoms with Gasteiger partial charge in [0.15, 0.2) is 0 Å². The average Bonchev–Trinajstić information content (AvgIpc) is 2.53. The summed E-state index contributed by atoms with van der Waals surface area (Å²) in [4.78, 5) is 5.35. The highest BCUT2D eigenvalue weighted by Crippen LogP contribution is 2.32. The van der Waals surface area contributed by atoms with Gasteiger partial charge in [0.25, 0.3) is 0 Å². The van der Waals surface area contributed by atoms with Crippen LogP contribution in [0, 0.1) is 5.92 Å². The Labute approximate surface area is 167 Å². The predicted molar refractivity (Wildman–Crippen MR) is 112 cm³/mol. The van der Waals surface area contributed by atoms with Crippen LogP contribution in [0.5, 0.6) is 0 Å². The van der Waals surface area contributed by atoms with Crippen LogP contribution >= 0.6 is 0 Å². The Hall–Kier alpha value is -0.160. The van der Waals surface area contributed by atoms with E-state index in [0.29, 0.717) is 23.9 Å².